The summed E-state index contributed by atoms with van der Waals surface area (Å²) in [5.74, 6) is -0.479. The van der Waals surface area contributed by atoms with Crippen molar-refractivity contribution in [2.24, 2.45) is 4.99 Å². The van der Waals surface area contributed by atoms with Crippen molar-refractivity contribution in [3.63, 3.8) is 0 Å². The molecule has 5 aromatic rings. The Balaban J connectivity index is 0.685. The summed E-state index contributed by atoms with van der Waals surface area (Å²) in [6.45, 7) is 8.93. The van der Waals surface area contributed by atoms with E-state index in [1.54, 1.807) is 34.4 Å². The number of likely N-dealkylation sites (tertiary alicyclic amines) is 1. The smallest absolute Gasteiger partial charge is 0.410 e. The molecule has 0 radical (unpaired) electrons. The van der Waals surface area contributed by atoms with Crippen LogP contribution < -0.4 is 20.3 Å². The number of cyclic esters (lactones) is 1. The Bertz CT molecular complexity index is 2980. The molecule has 6 aliphatic heterocycles. The average molecular weight is 957 g/mol. The van der Waals surface area contributed by atoms with Crippen LogP contribution in [0, 0.1) is 20.8 Å². The Hall–Kier alpha value is -6.96. The molecule has 348 valence electrons. The van der Waals surface area contributed by atoms with Gasteiger partial charge in [-0.1, -0.05) is 29.8 Å². The molecule has 3 atom stereocenters. The van der Waals surface area contributed by atoms with E-state index in [1.165, 1.54) is 0 Å². The van der Waals surface area contributed by atoms with Gasteiger partial charge in [0, 0.05) is 65.9 Å². The molecule has 0 saturated carbocycles. The number of thiophene rings is 1. The molecule has 2 aromatic heterocycles. The van der Waals surface area contributed by atoms with E-state index in [9.17, 15) is 28.8 Å². The molecule has 3 aromatic carbocycles. The van der Waals surface area contributed by atoms with Crippen molar-refractivity contribution in [2.45, 2.75) is 70.3 Å². The monoisotopic (exact) mass is 956 g/mol. The number of carbonyl (C=O) groups is 6. The van der Waals surface area contributed by atoms with Gasteiger partial charge in [0.15, 0.2) is 5.82 Å². The number of carbonyl (C=O) groups excluding carboxylic acids is 6. The third-order valence-corrected chi connectivity index (χ3v) is 15.1. The van der Waals surface area contributed by atoms with Crippen LogP contribution in [0.4, 0.5) is 16.2 Å². The lowest BCUT2D eigenvalue weighted by atomic mass is 9.99. The summed E-state index contributed by atoms with van der Waals surface area (Å²) in [6, 6.07) is 18.0. The number of aliphatic imine (C=N–C) groups is 1. The normalized spacial score (nSPS) is 21.8. The minimum atomic E-state index is -1.06. The number of nitrogens with zero attached hydrogens (tertiary/aromatic N) is 8. The number of anilines is 2. The van der Waals surface area contributed by atoms with Crippen LogP contribution in [0.25, 0.3) is 5.00 Å². The topological polar surface area (TPSA) is 201 Å². The number of aromatic nitrogens is 3. The number of piperidine rings is 1. The fourth-order valence-corrected chi connectivity index (χ4v) is 11.2. The average Bonchev–Trinajstić information content (AvgIpc) is 3.87. The Morgan fingerprint density at radius 3 is 2.41 bits per heavy atom. The molecule has 6 amide bonds. The summed E-state index contributed by atoms with van der Waals surface area (Å²) in [7, 11) is 0. The third kappa shape index (κ3) is 7.57. The SMILES string of the molecule is Cc1sc2c(c1C)C(c1ccc(Cl)cc1)=N[C@@H](CC(=O)Nc1ccc(OC3CN(C4COC(=O)N(C5CN(c6cccc7c6C(=O)N(C6CCC(=O)NC6=O)C7=O)C5)C4)C3)cc1)c1nnc(C)n1-2. The lowest BCUT2D eigenvalue weighted by Crippen LogP contribution is -2.68. The fraction of sp³-hybridized carbons (Fsp3) is 0.354. The number of aryl methyl sites for hydroxylation is 2. The number of imide groups is 2. The van der Waals surface area contributed by atoms with Crippen LogP contribution in [0.2, 0.25) is 5.02 Å². The molecular formula is C48H45ClN10O8S. The highest BCUT2D eigenvalue weighted by atomic mass is 35.5. The van der Waals surface area contributed by atoms with E-state index >= 15 is 0 Å². The minimum Gasteiger partial charge on any atom is -0.488 e. The number of nitrogens with one attached hydrogen (secondary N) is 2. The molecule has 68 heavy (non-hydrogen) atoms. The number of ether oxygens (including phenoxy) is 2. The molecule has 0 bridgehead atoms. The second kappa shape index (κ2) is 17.0. The van der Waals surface area contributed by atoms with Crippen LogP contribution in [-0.2, 0) is 19.1 Å². The molecule has 11 rings (SSSR count). The molecule has 8 heterocycles. The summed E-state index contributed by atoms with van der Waals surface area (Å²) in [4.78, 5) is 91.3. The van der Waals surface area contributed by atoms with Crippen LogP contribution in [0.5, 0.6) is 5.75 Å². The molecule has 0 spiro atoms. The molecule has 4 fully saturated rings. The molecular weight excluding hydrogens is 912 g/mol. The second-order valence-corrected chi connectivity index (χ2v) is 19.6. The molecule has 0 aliphatic carbocycles. The van der Waals surface area contributed by atoms with Crippen molar-refractivity contribution >= 4 is 75.7 Å². The Kier molecular flexibility index (Phi) is 10.9. The van der Waals surface area contributed by atoms with Gasteiger partial charge in [0.25, 0.3) is 11.8 Å². The minimum absolute atomic E-state index is 0.0380. The van der Waals surface area contributed by atoms with Gasteiger partial charge in [0.1, 0.15) is 41.4 Å². The van der Waals surface area contributed by atoms with Crippen LogP contribution in [0.1, 0.15) is 79.2 Å². The first kappa shape index (κ1) is 43.6. The van der Waals surface area contributed by atoms with Crippen molar-refractivity contribution in [1.29, 1.82) is 0 Å². The van der Waals surface area contributed by atoms with Gasteiger partial charge in [-0.05, 0) is 81.3 Å². The van der Waals surface area contributed by atoms with Gasteiger partial charge < -0.3 is 19.7 Å². The Morgan fingerprint density at radius 2 is 1.66 bits per heavy atom. The third-order valence-electron chi connectivity index (χ3n) is 13.7. The van der Waals surface area contributed by atoms with Gasteiger partial charge in [-0.15, -0.1) is 21.5 Å². The van der Waals surface area contributed by atoms with Gasteiger partial charge >= 0.3 is 6.09 Å². The summed E-state index contributed by atoms with van der Waals surface area (Å²) < 4.78 is 14.0. The van der Waals surface area contributed by atoms with Crippen molar-refractivity contribution in [3.8, 4) is 10.8 Å². The first-order chi connectivity index (χ1) is 32.8. The fourth-order valence-electron chi connectivity index (χ4n) is 9.91. The van der Waals surface area contributed by atoms with E-state index in [0.29, 0.717) is 66.5 Å². The first-order valence-electron chi connectivity index (χ1n) is 22.5. The summed E-state index contributed by atoms with van der Waals surface area (Å²) in [5.41, 5.74) is 5.38. The number of amides is 6. The van der Waals surface area contributed by atoms with Crippen molar-refractivity contribution in [3.05, 3.63) is 116 Å². The zero-order valence-corrected chi connectivity index (χ0v) is 38.8. The van der Waals surface area contributed by atoms with E-state index in [-0.39, 0.29) is 61.1 Å². The molecule has 4 saturated heterocycles. The number of benzene rings is 3. The molecule has 6 aliphatic rings. The van der Waals surface area contributed by atoms with E-state index in [1.807, 2.05) is 64.9 Å². The number of rotatable bonds is 10. The molecule has 18 nitrogen and oxygen atoms in total. The maximum absolute atomic E-state index is 13.7. The maximum atomic E-state index is 13.7. The lowest BCUT2D eigenvalue weighted by Gasteiger charge is -2.51. The van der Waals surface area contributed by atoms with Crippen molar-refractivity contribution in [1.82, 2.24) is 34.8 Å². The van der Waals surface area contributed by atoms with Crippen molar-refractivity contribution < 1.29 is 38.2 Å². The lowest BCUT2D eigenvalue weighted by molar-refractivity contribution is -0.136. The zero-order valence-electron chi connectivity index (χ0n) is 37.2. The van der Waals surface area contributed by atoms with Gasteiger partial charge in [-0.25, -0.2) is 4.79 Å². The maximum Gasteiger partial charge on any atom is 0.410 e. The highest BCUT2D eigenvalue weighted by Gasteiger charge is 2.49. The first-order valence-corrected chi connectivity index (χ1v) is 23.7. The van der Waals surface area contributed by atoms with E-state index in [0.717, 1.165) is 37.2 Å². The predicted molar refractivity (Wildman–Crippen MR) is 250 cm³/mol. The quantitative estimate of drug-likeness (QED) is 0.178. The zero-order chi connectivity index (χ0) is 47.1. The van der Waals surface area contributed by atoms with Crippen LogP contribution in [0.15, 0.2) is 71.7 Å². The summed E-state index contributed by atoms with van der Waals surface area (Å²) in [5, 5.41) is 15.8. The van der Waals surface area contributed by atoms with Gasteiger partial charge in [0.2, 0.25) is 17.7 Å². The summed E-state index contributed by atoms with van der Waals surface area (Å²) >= 11 is 7.92. The summed E-state index contributed by atoms with van der Waals surface area (Å²) in [6.07, 6.45) is -0.331. The molecule has 20 heteroatoms. The van der Waals surface area contributed by atoms with Gasteiger partial charge in [-0.3, -0.25) is 53.5 Å². The van der Waals surface area contributed by atoms with Gasteiger partial charge in [0.05, 0.1) is 41.0 Å². The number of halogens is 1. The Labute approximate surface area is 398 Å². The second-order valence-electron chi connectivity index (χ2n) is 18.0. The van der Waals surface area contributed by atoms with E-state index in [4.69, 9.17) is 26.1 Å². The van der Waals surface area contributed by atoms with Crippen LogP contribution in [0.3, 0.4) is 0 Å². The van der Waals surface area contributed by atoms with E-state index in [2.05, 4.69) is 39.6 Å². The van der Waals surface area contributed by atoms with E-state index < -0.39 is 41.8 Å². The number of fused-ring (bicyclic) bond motifs is 4. The highest BCUT2D eigenvalue weighted by Crippen LogP contribution is 2.41. The molecule has 2 unspecified atom stereocenters. The Morgan fingerprint density at radius 1 is 0.897 bits per heavy atom. The number of hydrogen-bond donors (Lipinski definition) is 2. The molecule has 2 N–H and O–H groups in total. The largest absolute Gasteiger partial charge is 0.488 e. The van der Waals surface area contributed by atoms with Crippen LogP contribution >= 0.6 is 22.9 Å². The standard InChI is InChI=1S/C48H45ClN10O8S/c1-24-25(2)68-47-40(24)42(27-7-9-28(49)10-8-27)51-35(43-54-53-26(3)58(43)47)17-39(61)50-29-11-13-32(14-12-29)67-33-21-55(22-33)31-20-57(48(65)66-23-31)30-18-56(19-30)36-6-4-5-34-41(36)46(64)59(45(34)63)37-15-16-38(60)52-44(37)62/h4-14,30-31,33,35,37H,15-23H2,1-3H3,(H,50,61)(H,52,60,62)/t31?,35-,37?/m0/s1. The predicted octanol–water partition coefficient (Wildman–Crippen LogP) is 5.00. The van der Waals surface area contributed by atoms with Gasteiger partial charge in [-0.2, -0.15) is 0 Å². The highest BCUT2D eigenvalue weighted by molar-refractivity contribution is 7.15. The number of hydrogen-bond acceptors (Lipinski definition) is 14. The van der Waals surface area contributed by atoms with Crippen LogP contribution in [-0.4, -0.2) is 134 Å². The van der Waals surface area contributed by atoms with Crippen molar-refractivity contribution in [2.75, 3.05) is 49.5 Å².